The van der Waals surface area contributed by atoms with Gasteiger partial charge in [0.25, 0.3) is 5.91 Å². The Morgan fingerprint density at radius 2 is 2.03 bits per heavy atom. The molecule has 0 unspecified atom stereocenters. The maximum Gasteiger partial charge on any atom is 0.258 e. The third-order valence-corrected chi connectivity index (χ3v) is 5.86. The van der Waals surface area contributed by atoms with E-state index in [9.17, 15) is 4.79 Å². The fourth-order valence-corrected chi connectivity index (χ4v) is 4.36. The van der Waals surface area contributed by atoms with Crippen molar-refractivity contribution in [2.24, 2.45) is 0 Å². The van der Waals surface area contributed by atoms with Crippen molar-refractivity contribution in [3.8, 4) is 0 Å². The molecule has 1 aliphatic rings. The number of rotatable bonds is 2. The van der Waals surface area contributed by atoms with Crippen LogP contribution in [-0.4, -0.2) is 46.5 Å². The summed E-state index contributed by atoms with van der Waals surface area (Å²) in [5.41, 5.74) is 6.25. The molecule has 6 heterocycles. The van der Waals surface area contributed by atoms with Gasteiger partial charge in [0.15, 0.2) is 0 Å². The van der Waals surface area contributed by atoms with Crippen molar-refractivity contribution >= 4 is 16.9 Å². The monoisotopic (exact) mass is 397 g/mol. The van der Waals surface area contributed by atoms with Crippen LogP contribution in [0.5, 0.6) is 0 Å². The van der Waals surface area contributed by atoms with E-state index in [1.54, 1.807) is 17.0 Å². The molecule has 0 spiro atoms. The number of amides is 1. The van der Waals surface area contributed by atoms with Crippen molar-refractivity contribution in [3.05, 3.63) is 89.5 Å². The minimum absolute atomic E-state index is 0.0661. The lowest BCUT2D eigenvalue weighted by atomic mass is 9.98. The number of pyridine rings is 2. The molecular weight excluding hydrogens is 378 g/mol. The van der Waals surface area contributed by atoms with Crippen LogP contribution in [0, 0.1) is 6.92 Å². The Labute approximate surface area is 171 Å². The third kappa shape index (κ3) is 2.40. The van der Waals surface area contributed by atoms with Crippen LogP contribution in [0.25, 0.3) is 11.0 Å². The molecule has 1 atom stereocenters. The first-order valence-electron chi connectivity index (χ1n) is 9.91. The van der Waals surface area contributed by atoms with Crippen LogP contribution >= 0.6 is 0 Å². The van der Waals surface area contributed by atoms with Gasteiger partial charge in [0, 0.05) is 31.1 Å². The number of aromatic amines is 1. The van der Waals surface area contributed by atoms with Gasteiger partial charge in [-0.3, -0.25) is 4.79 Å². The number of carbonyl (C=O) groups is 1. The molecule has 0 radical (unpaired) electrons. The second kappa shape index (κ2) is 6.28. The average molecular weight is 397 g/mol. The van der Waals surface area contributed by atoms with Gasteiger partial charge >= 0.3 is 0 Å². The van der Waals surface area contributed by atoms with Crippen molar-refractivity contribution in [1.29, 1.82) is 0 Å². The van der Waals surface area contributed by atoms with Gasteiger partial charge in [-0.15, -0.1) is 0 Å². The predicted molar refractivity (Wildman–Crippen MR) is 110 cm³/mol. The van der Waals surface area contributed by atoms with Crippen LogP contribution in [0.2, 0.25) is 0 Å². The molecule has 8 nitrogen and oxygen atoms in total. The van der Waals surface area contributed by atoms with Crippen LogP contribution < -0.4 is 0 Å². The molecule has 0 bridgehead atoms. The van der Waals surface area contributed by atoms with Crippen molar-refractivity contribution in [1.82, 2.24) is 34.1 Å². The van der Waals surface area contributed by atoms with E-state index in [1.165, 1.54) is 0 Å². The molecule has 148 valence electrons. The highest BCUT2D eigenvalue weighted by atomic mass is 16.2. The third-order valence-electron chi connectivity index (χ3n) is 5.86. The molecular formula is C22H19N7O. The summed E-state index contributed by atoms with van der Waals surface area (Å²) in [6, 6.07) is 11.5. The number of fused-ring (bicyclic) bond motifs is 3. The van der Waals surface area contributed by atoms with Gasteiger partial charge < -0.3 is 9.88 Å². The maximum atomic E-state index is 13.7. The summed E-state index contributed by atoms with van der Waals surface area (Å²) in [4.78, 5) is 23.3. The van der Waals surface area contributed by atoms with E-state index in [1.807, 2.05) is 46.1 Å². The van der Waals surface area contributed by atoms with Crippen molar-refractivity contribution in [3.63, 3.8) is 0 Å². The van der Waals surface area contributed by atoms with E-state index in [4.69, 9.17) is 5.10 Å². The molecule has 0 saturated heterocycles. The number of nitrogens with zero attached hydrogens (tertiary/aromatic N) is 6. The second-order valence-electron chi connectivity index (χ2n) is 7.60. The summed E-state index contributed by atoms with van der Waals surface area (Å²) in [7, 11) is 0. The molecule has 0 saturated carbocycles. The molecule has 1 amide bonds. The van der Waals surface area contributed by atoms with Gasteiger partial charge in [-0.1, -0.05) is 12.1 Å². The number of carbonyl (C=O) groups excluding carboxylic acids is 1. The zero-order valence-corrected chi connectivity index (χ0v) is 16.4. The molecule has 1 N–H and O–H groups in total. The summed E-state index contributed by atoms with van der Waals surface area (Å²) in [5.74, 6) is -0.0661. The van der Waals surface area contributed by atoms with Crippen molar-refractivity contribution in [2.45, 2.75) is 19.4 Å². The topological polar surface area (TPSA) is 83.6 Å². The maximum absolute atomic E-state index is 13.7. The van der Waals surface area contributed by atoms with Crippen LogP contribution in [0.15, 0.2) is 61.3 Å². The van der Waals surface area contributed by atoms with Crippen LogP contribution in [0.3, 0.4) is 0 Å². The first kappa shape index (κ1) is 17.0. The van der Waals surface area contributed by atoms with Crippen LogP contribution in [0.1, 0.15) is 39.0 Å². The Bertz CT molecular complexity index is 1410. The summed E-state index contributed by atoms with van der Waals surface area (Å²) < 4.78 is 3.59. The van der Waals surface area contributed by atoms with Gasteiger partial charge in [0.1, 0.15) is 6.04 Å². The molecule has 1 aliphatic heterocycles. The number of hydrogen-bond donors (Lipinski definition) is 1. The van der Waals surface area contributed by atoms with E-state index < -0.39 is 0 Å². The van der Waals surface area contributed by atoms with Gasteiger partial charge in [0.2, 0.25) is 0 Å². The summed E-state index contributed by atoms with van der Waals surface area (Å²) in [6.07, 6.45) is 7.84. The van der Waals surface area contributed by atoms with Gasteiger partial charge in [-0.05, 0) is 36.8 Å². The normalized spacial score (nSPS) is 16.3. The molecule has 5 aromatic rings. The number of hydrogen-bond acceptors (Lipinski definition) is 4. The Morgan fingerprint density at radius 1 is 1.13 bits per heavy atom. The minimum atomic E-state index is -0.356. The minimum Gasteiger partial charge on any atom is -0.348 e. The first-order valence-corrected chi connectivity index (χ1v) is 9.91. The Morgan fingerprint density at radius 3 is 2.93 bits per heavy atom. The van der Waals surface area contributed by atoms with E-state index in [2.05, 4.69) is 34.1 Å². The Kier molecular flexibility index (Phi) is 3.55. The van der Waals surface area contributed by atoms with Gasteiger partial charge in [-0.25, -0.2) is 14.0 Å². The van der Waals surface area contributed by atoms with Gasteiger partial charge in [0.05, 0.1) is 40.5 Å². The number of imidazole rings is 1. The molecule has 5 aromatic heterocycles. The zero-order valence-electron chi connectivity index (χ0n) is 16.4. The standard InChI is InChI=1S/C22H19N7O/c1-14-5-4-9-29-19(14)11-17(26-29)21-20-16(23-13-24-20)7-10-27(21)22(30)15-12-25-28-8-3-2-6-18(15)28/h2-6,8-9,11-13,21H,7,10H2,1H3,(H,23,24)/t21-/m0/s1. The summed E-state index contributed by atoms with van der Waals surface area (Å²) in [6.45, 7) is 2.64. The molecule has 30 heavy (non-hydrogen) atoms. The van der Waals surface area contributed by atoms with E-state index in [-0.39, 0.29) is 11.9 Å². The molecule has 0 aliphatic carbocycles. The Balaban J connectivity index is 1.50. The summed E-state index contributed by atoms with van der Waals surface area (Å²) in [5, 5.41) is 9.14. The SMILES string of the molecule is Cc1cccn2nc([C@H]3c4nc[nH]c4CCN3C(=O)c3cnn4ccccc34)cc12. The summed E-state index contributed by atoms with van der Waals surface area (Å²) >= 11 is 0. The largest absolute Gasteiger partial charge is 0.348 e. The number of H-pyrrole nitrogens is 1. The highest BCUT2D eigenvalue weighted by Crippen LogP contribution is 2.35. The smallest absolute Gasteiger partial charge is 0.258 e. The van der Waals surface area contributed by atoms with Crippen LogP contribution in [-0.2, 0) is 6.42 Å². The quantitative estimate of drug-likeness (QED) is 0.496. The lowest BCUT2D eigenvalue weighted by Gasteiger charge is -2.33. The predicted octanol–water partition coefficient (Wildman–Crippen LogP) is 2.80. The zero-order chi connectivity index (χ0) is 20.2. The van der Waals surface area contributed by atoms with E-state index in [0.29, 0.717) is 12.1 Å². The lowest BCUT2D eigenvalue weighted by molar-refractivity contribution is 0.0689. The Hall–Kier alpha value is -3.94. The number of nitrogens with one attached hydrogen (secondary N) is 1. The van der Waals surface area contributed by atoms with E-state index >= 15 is 0 Å². The van der Waals surface area contributed by atoms with Crippen molar-refractivity contribution in [2.75, 3.05) is 6.54 Å². The fourth-order valence-electron chi connectivity index (χ4n) is 4.36. The second-order valence-corrected chi connectivity index (χ2v) is 7.60. The average Bonchev–Trinajstić information content (AvgIpc) is 3.50. The van der Waals surface area contributed by atoms with Gasteiger partial charge in [-0.2, -0.15) is 10.2 Å². The molecule has 6 rings (SSSR count). The first-order chi connectivity index (χ1) is 14.7. The highest BCUT2D eigenvalue weighted by molar-refractivity contribution is 6.01. The molecule has 0 aromatic carbocycles. The number of aryl methyl sites for hydroxylation is 1. The number of aromatic nitrogens is 6. The lowest BCUT2D eigenvalue weighted by Crippen LogP contribution is -2.41. The molecule has 8 heteroatoms. The molecule has 0 fully saturated rings. The van der Waals surface area contributed by atoms with E-state index in [0.717, 1.165) is 40.1 Å². The highest BCUT2D eigenvalue weighted by Gasteiger charge is 2.37. The fraction of sp³-hybridized carbons (Fsp3) is 0.182. The van der Waals surface area contributed by atoms with Crippen LogP contribution in [0.4, 0.5) is 0 Å². The van der Waals surface area contributed by atoms with Crippen molar-refractivity contribution < 1.29 is 4.79 Å².